The van der Waals surface area contributed by atoms with Crippen LogP contribution in [0.1, 0.15) is 0 Å². The van der Waals surface area contributed by atoms with E-state index in [1.54, 1.807) is 0 Å². The molecule has 0 spiro atoms. The molecule has 5 nitrogen and oxygen atoms in total. The molecule has 0 heterocycles. The molecule has 0 atom stereocenters. The Morgan fingerprint density at radius 2 is 2.33 bits per heavy atom. The number of methoxy groups -OCH3 is 1. The third-order valence-electron chi connectivity index (χ3n) is 1.03. The second-order valence-corrected chi connectivity index (χ2v) is 2.02. The van der Waals surface area contributed by atoms with E-state index in [9.17, 15) is 9.59 Å². The number of carbonyl (C=O) groups is 2. The molecule has 0 rings (SSSR count). The maximum absolute atomic E-state index is 10.7. The number of aldehydes is 1. The van der Waals surface area contributed by atoms with E-state index in [1.807, 2.05) is 0 Å². The van der Waals surface area contributed by atoms with Gasteiger partial charge in [0, 0.05) is 13.7 Å². The lowest BCUT2D eigenvalue weighted by Crippen LogP contribution is -2.30. The first kappa shape index (κ1) is 11.1. The summed E-state index contributed by atoms with van der Waals surface area (Å²) < 4.78 is 9.36. The van der Waals surface area contributed by atoms with Gasteiger partial charge in [0.2, 0.25) is 5.91 Å². The van der Waals surface area contributed by atoms with E-state index in [4.69, 9.17) is 4.74 Å². The zero-order chi connectivity index (χ0) is 9.23. The Kier molecular flexibility index (Phi) is 7.52. The molecule has 70 valence electrons. The summed E-state index contributed by atoms with van der Waals surface area (Å²) in [6, 6.07) is 0. The van der Waals surface area contributed by atoms with Gasteiger partial charge in [-0.05, 0) is 0 Å². The molecule has 5 heteroatoms. The first-order valence-electron chi connectivity index (χ1n) is 3.58. The van der Waals surface area contributed by atoms with Gasteiger partial charge in [0.05, 0.1) is 6.61 Å². The van der Waals surface area contributed by atoms with E-state index in [-0.39, 0.29) is 19.1 Å². The highest BCUT2D eigenvalue weighted by molar-refractivity contribution is 5.77. The number of nitrogens with one attached hydrogen (secondary N) is 1. The maximum Gasteiger partial charge on any atom is 0.246 e. The average molecular weight is 175 g/mol. The number of hydrogen-bond donors (Lipinski definition) is 1. The summed E-state index contributed by atoms with van der Waals surface area (Å²) in [6.07, 6.45) is 0.664. The minimum Gasteiger partial charge on any atom is -0.375 e. The van der Waals surface area contributed by atoms with E-state index in [0.29, 0.717) is 19.4 Å². The normalized spacial score (nSPS) is 9.42. The van der Waals surface area contributed by atoms with E-state index < -0.39 is 0 Å². The largest absolute Gasteiger partial charge is 0.375 e. The van der Waals surface area contributed by atoms with Crippen LogP contribution in [0.4, 0.5) is 0 Å². The molecule has 0 fully saturated rings. The Labute approximate surface area is 71.0 Å². The van der Waals surface area contributed by atoms with Crippen molar-refractivity contribution in [2.45, 2.75) is 0 Å². The molecule has 1 amide bonds. The lowest BCUT2D eigenvalue weighted by Gasteiger charge is -2.03. The summed E-state index contributed by atoms with van der Waals surface area (Å²) in [5.41, 5.74) is 0. The van der Waals surface area contributed by atoms with Gasteiger partial charge in [-0.1, -0.05) is 0 Å². The van der Waals surface area contributed by atoms with Crippen molar-refractivity contribution in [3.63, 3.8) is 0 Å². The van der Waals surface area contributed by atoms with Crippen molar-refractivity contribution in [3.8, 4) is 0 Å². The summed E-state index contributed by atoms with van der Waals surface area (Å²) in [5, 5.41) is 2.54. The van der Waals surface area contributed by atoms with Crippen molar-refractivity contribution in [2.75, 3.05) is 33.5 Å². The minimum absolute atomic E-state index is 0.0493. The van der Waals surface area contributed by atoms with Gasteiger partial charge in [0.15, 0.2) is 0 Å². The second kappa shape index (κ2) is 8.16. The monoisotopic (exact) mass is 175 g/mol. The van der Waals surface area contributed by atoms with Crippen molar-refractivity contribution < 1.29 is 19.1 Å². The maximum atomic E-state index is 10.7. The van der Waals surface area contributed by atoms with Crippen LogP contribution in [0.15, 0.2) is 0 Å². The molecule has 0 saturated heterocycles. The van der Waals surface area contributed by atoms with Crippen LogP contribution in [-0.4, -0.2) is 45.7 Å². The number of rotatable bonds is 7. The fourth-order valence-electron chi connectivity index (χ4n) is 0.576. The summed E-state index contributed by atoms with van der Waals surface area (Å²) in [5.74, 6) is -0.188. The topological polar surface area (TPSA) is 64.6 Å². The predicted octanol–water partition coefficient (Wildman–Crippen LogP) is -1.04. The molecule has 0 aliphatic rings. The van der Waals surface area contributed by atoms with Gasteiger partial charge < -0.3 is 19.6 Å². The van der Waals surface area contributed by atoms with Crippen LogP contribution in [-0.2, 0) is 19.1 Å². The molecule has 0 bridgehead atoms. The Hall–Kier alpha value is -0.940. The molecule has 0 aromatic rings. The highest BCUT2D eigenvalue weighted by Gasteiger charge is 1.96. The molecule has 12 heavy (non-hydrogen) atoms. The van der Waals surface area contributed by atoms with Gasteiger partial charge >= 0.3 is 0 Å². The summed E-state index contributed by atoms with van der Waals surface area (Å²) in [6.45, 7) is 0.859. The molecule has 0 aromatic heterocycles. The summed E-state index contributed by atoms with van der Waals surface area (Å²) in [4.78, 5) is 20.5. The van der Waals surface area contributed by atoms with Crippen molar-refractivity contribution in [2.24, 2.45) is 0 Å². The molecule has 0 aliphatic heterocycles. The zero-order valence-electron chi connectivity index (χ0n) is 7.04. The van der Waals surface area contributed by atoms with E-state index in [2.05, 4.69) is 10.1 Å². The number of amides is 1. The van der Waals surface area contributed by atoms with Crippen LogP contribution < -0.4 is 5.32 Å². The fourth-order valence-corrected chi connectivity index (χ4v) is 0.576. The van der Waals surface area contributed by atoms with Gasteiger partial charge in [0.25, 0.3) is 0 Å². The standard InChI is InChI=1S/C7H13NO4/c1-11-6-7(10)8-2-4-12-5-3-9/h3H,2,4-6H2,1H3,(H,8,10). The van der Waals surface area contributed by atoms with Gasteiger partial charge in [-0.3, -0.25) is 4.79 Å². The smallest absolute Gasteiger partial charge is 0.246 e. The van der Waals surface area contributed by atoms with E-state index >= 15 is 0 Å². The van der Waals surface area contributed by atoms with Crippen LogP contribution >= 0.6 is 0 Å². The van der Waals surface area contributed by atoms with Gasteiger partial charge in [-0.2, -0.15) is 0 Å². The van der Waals surface area contributed by atoms with E-state index in [1.165, 1.54) is 7.11 Å². The van der Waals surface area contributed by atoms with Gasteiger partial charge in [-0.25, -0.2) is 0 Å². The average Bonchev–Trinajstić information content (AvgIpc) is 2.05. The van der Waals surface area contributed by atoms with Gasteiger partial charge in [0.1, 0.15) is 19.5 Å². The summed E-state index contributed by atoms with van der Waals surface area (Å²) >= 11 is 0. The third-order valence-corrected chi connectivity index (χ3v) is 1.03. The summed E-state index contributed by atoms with van der Waals surface area (Å²) in [7, 11) is 1.45. The molecule has 0 saturated carbocycles. The van der Waals surface area contributed by atoms with Crippen molar-refractivity contribution in [1.82, 2.24) is 5.32 Å². The molecule has 0 aromatic carbocycles. The highest BCUT2D eigenvalue weighted by Crippen LogP contribution is 1.71. The Bertz CT molecular complexity index is 137. The lowest BCUT2D eigenvalue weighted by atomic mass is 10.6. The third kappa shape index (κ3) is 7.17. The van der Waals surface area contributed by atoms with Crippen molar-refractivity contribution in [3.05, 3.63) is 0 Å². The molecular formula is C7H13NO4. The highest BCUT2D eigenvalue weighted by atomic mass is 16.5. The SMILES string of the molecule is COCC(=O)NCCOCC=O. The Balaban J connectivity index is 3.08. The lowest BCUT2D eigenvalue weighted by molar-refractivity contribution is -0.124. The van der Waals surface area contributed by atoms with Crippen LogP contribution in [0.5, 0.6) is 0 Å². The molecule has 0 unspecified atom stereocenters. The Morgan fingerprint density at radius 3 is 2.92 bits per heavy atom. The molecular weight excluding hydrogens is 162 g/mol. The fraction of sp³-hybridized carbons (Fsp3) is 0.714. The second-order valence-electron chi connectivity index (χ2n) is 2.02. The first-order valence-corrected chi connectivity index (χ1v) is 3.58. The number of hydrogen-bond acceptors (Lipinski definition) is 4. The van der Waals surface area contributed by atoms with Crippen molar-refractivity contribution in [1.29, 1.82) is 0 Å². The number of ether oxygens (including phenoxy) is 2. The van der Waals surface area contributed by atoms with Gasteiger partial charge in [-0.15, -0.1) is 0 Å². The first-order chi connectivity index (χ1) is 5.81. The van der Waals surface area contributed by atoms with Crippen LogP contribution in [0, 0.1) is 0 Å². The van der Waals surface area contributed by atoms with Crippen LogP contribution in [0.25, 0.3) is 0 Å². The van der Waals surface area contributed by atoms with Crippen molar-refractivity contribution >= 4 is 12.2 Å². The zero-order valence-corrected chi connectivity index (χ0v) is 7.04. The predicted molar refractivity (Wildman–Crippen MR) is 41.8 cm³/mol. The number of carbonyl (C=O) groups excluding carboxylic acids is 2. The quantitative estimate of drug-likeness (QED) is 0.396. The van der Waals surface area contributed by atoms with E-state index in [0.717, 1.165) is 0 Å². The van der Waals surface area contributed by atoms with Crippen LogP contribution in [0.2, 0.25) is 0 Å². The molecule has 0 aliphatic carbocycles. The molecule has 0 radical (unpaired) electrons. The van der Waals surface area contributed by atoms with Crippen LogP contribution in [0.3, 0.4) is 0 Å². The molecule has 1 N–H and O–H groups in total. The Morgan fingerprint density at radius 1 is 1.58 bits per heavy atom. The minimum atomic E-state index is -0.188.